The molecule has 18 heteroatoms. The number of carbonyl (C=O) groups excluding carboxylic acids is 2. The summed E-state index contributed by atoms with van der Waals surface area (Å²) in [4.78, 5) is 58.9. The molecule has 14 nitrogen and oxygen atoms in total. The van der Waals surface area contributed by atoms with E-state index in [2.05, 4.69) is 20.4 Å². The molecule has 1 unspecified atom stereocenters. The molecule has 5 heterocycles. The van der Waals surface area contributed by atoms with Crippen LogP contribution in [0.15, 0.2) is 65.7 Å². The summed E-state index contributed by atoms with van der Waals surface area (Å²) in [5, 5.41) is 7.05. The third-order valence-electron chi connectivity index (χ3n) is 11.4. The van der Waals surface area contributed by atoms with E-state index in [1.165, 1.54) is 10.9 Å². The van der Waals surface area contributed by atoms with Crippen LogP contribution in [0, 0.1) is 12.7 Å². The van der Waals surface area contributed by atoms with Crippen molar-refractivity contribution in [2.24, 2.45) is 0 Å². The number of carbonyl (C=O) groups is 2. The van der Waals surface area contributed by atoms with Crippen LogP contribution in [-0.2, 0) is 35.3 Å². The molecule has 0 radical (unpaired) electrons. The molecule has 2 fully saturated rings. The topological polar surface area (TPSA) is 149 Å². The van der Waals surface area contributed by atoms with Gasteiger partial charge in [0.15, 0.2) is 17.3 Å². The molecule has 3 aliphatic rings. The number of aryl methyl sites for hydroxylation is 1. The number of anilines is 2. The molecule has 2 aliphatic heterocycles. The number of amides is 2. The van der Waals surface area contributed by atoms with Crippen LogP contribution >= 0.6 is 0 Å². The number of nitrogens with one attached hydrogen (secondary N) is 1. The van der Waals surface area contributed by atoms with Crippen molar-refractivity contribution in [2.45, 2.75) is 77.3 Å². The molecule has 3 aromatic heterocycles. The molecule has 5 aromatic rings. The minimum Gasteiger partial charge on any atom is -0.485 e. The zero-order valence-corrected chi connectivity index (χ0v) is 33.1. The molecule has 1 N–H and O–H groups in total. The average Bonchev–Trinajstić information content (AvgIpc) is 3.90. The first-order valence-corrected chi connectivity index (χ1v) is 19.9. The Hall–Kier alpha value is -6.17. The fourth-order valence-electron chi connectivity index (χ4n) is 8.18. The quantitative estimate of drug-likeness (QED) is 0.166. The summed E-state index contributed by atoms with van der Waals surface area (Å²) in [6.45, 7) is 4.92. The van der Waals surface area contributed by atoms with E-state index >= 15 is 0 Å². The minimum atomic E-state index is -4.77. The van der Waals surface area contributed by atoms with E-state index in [-0.39, 0.29) is 73.6 Å². The number of allylic oxidation sites excluding steroid dienone is 1. The first kappa shape index (κ1) is 40.6. The predicted molar refractivity (Wildman–Crippen MR) is 212 cm³/mol. The van der Waals surface area contributed by atoms with Gasteiger partial charge in [0.25, 0.3) is 11.5 Å². The molecule has 1 atom stereocenters. The molecule has 0 saturated carbocycles. The number of piperazine rings is 1. The second-order valence-corrected chi connectivity index (χ2v) is 15.2. The number of hydrogen-bond donors (Lipinski definition) is 1. The van der Waals surface area contributed by atoms with Gasteiger partial charge in [0, 0.05) is 32.8 Å². The lowest BCUT2D eigenvalue weighted by Gasteiger charge is -2.36. The van der Waals surface area contributed by atoms with Gasteiger partial charge < -0.3 is 29.2 Å². The van der Waals surface area contributed by atoms with Gasteiger partial charge in [-0.15, -0.1) is 5.10 Å². The summed E-state index contributed by atoms with van der Waals surface area (Å²) in [5.74, 6) is -1.69. The summed E-state index contributed by atoms with van der Waals surface area (Å²) < 4.78 is 69.4. The Morgan fingerprint density at radius 2 is 1.82 bits per heavy atom. The average molecular weight is 830 g/mol. The molecule has 314 valence electrons. The van der Waals surface area contributed by atoms with Gasteiger partial charge in [-0.1, -0.05) is 43.3 Å². The summed E-state index contributed by atoms with van der Waals surface area (Å²) in [7, 11) is 0. The fourth-order valence-corrected chi connectivity index (χ4v) is 8.18. The molecule has 8 rings (SSSR count). The fraction of sp³-hybridized carbons (Fsp3) is 0.405. The van der Waals surface area contributed by atoms with E-state index in [9.17, 15) is 31.9 Å². The van der Waals surface area contributed by atoms with Gasteiger partial charge in [0.05, 0.1) is 28.2 Å². The first-order chi connectivity index (χ1) is 28.8. The first-order valence-electron chi connectivity index (χ1n) is 19.9. The van der Waals surface area contributed by atoms with Gasteiger partial charge in [-0.05, 0) is 74.8 Å². The highest BCUT2D eigenvalue weighted by Gasteiger charge is 2.38. The number of ether oxygens (including phenoxy) is 2. The van der Waals surface area contributed by atoms with Crippen LogP contribution < -0.4 is 20.5 Å². The third kappa shape index (κ3) is 8.07. The van der Waals surface area contributed by atoms with Crippen LogP contribution in [-0.4, -0.2) is 84.2 Å². The van der Waals surface area contributed by atoms with Crippen molar-refractivity contribution in [1.82, 2.24) is 34.0 Å². The lowest BCUT2D eigenvalue weighted by molar-refractivity contribution is -0.137. The van der Waals surface area contributed by atoms with E-state index in [1.54, 1.807) is 11.8 Å². The van der Waals surface area contributed by atoms with Crippen LogP contribution in [0.3, 0.4) is 0 Å². The molecule has 1 aliphatic carbocycles. The number of aromatic nitrogens is 6. The van der Waals surface area contributed by atoms with Crippen molar-refractivity contribution in [3.63, 3.8) is 0 Å². The van der Waals surface area contributed by atoms with Gasteiger partial charge in [-0.25, -0.2) is 14.4 Å². The van der Waals surface area contributed by atoms with Crippen molar-refractivity contribution in [3.8, 4) is 5.75 Å². The van der Waals surface area contributed by atoms with Crippen LogP contribution in [0.25, 0.3) is 11.4 Å². The summed E-state index contributed by atoms with van der Waals surface area (Å²) in [6.07, 6.45) is 2.85. The molecular formula is C42H43F4N9O5. The minimum absolute atomic E-state index is 0.0768. The lowest BCUT2D eigenvalue weighted by atomic mass is 9.83. The molecular weight excluding hydrogens is 787 g/mol. The van der Waals surface area contributed by atoms with Gasteiger partial charge in [0.1, 0.15) is 31.0 Å². The number of halogens is 4. The maximum Gasteiger partial charge on any atom is 0.416 e. The van der Waals surface area contributed by atoms with Crippen molar-refractivity contribution < 1.29 is 36.6 Å². The van der Waals surface area contributed by atoms with Crippen LogP contribution in [0.5, 0.6) is 5.75 Å². The number of hydrogen-bond acceptors (Lipinski definition) is 10. The van der Waals surface area contributed by atoms with E-state index in [0.717, 1.165) is 41.0 Å². The van der Waals surface area contributed by atoms with Gasteiger partial charge in [-0.2, -0.15) is 22.7 Å². The highest BCUT2D eigenvalue weighted by molar-refractivity contribution is 5.95. The van der Waals surface area contributed by atoms with Crippen molar-refractivity contribution in [1.29, 1.82) is 0 Å². The standard InChI is InChI=1S/C42H43F4N9O5/c1-3-32-35(52-17-19-53(20-18-52)38(57)34-36(26(2)47-25-48-34)59-24-27-8-5-4-6-9-27)39(58)55-40(50-37(51-55)28-12-15-41(16-13-28)14-7-21-60-41)54(32)23-33(56)49-31-11-10-29(22-30(31)43)42(44,45)46/h4-6,8-12,22,25H,3,7,13-21,23-24H2,1-2H3,(H,49,56). The molecule has 2 saturated heterocycles. The van der Waals surface area contributed by atoms with E-state index in [1.807, 2.05) is 48.2 Å². The van der Waals surface area contributed by atoms with Crippen molar-refractivity contribution in [2.75, 3.05) is 43.0 Å². The monoisotopic (exact) mass is 829 g/mol. The van der Waals surface area contributed by atoms with Crippen molar-refractivity contribution in [3.05, 3.63) is 111 Å². The predicted octanol–water partition coefficient (Wildman–Crippen LogP) is 6.01. The second kappa shape index (κ2) is 16.5. The molecule has 0 bridgehead atoms. The number of nitrogens with zero attached hydrogens (tertiary/aromatic N) is 8. The largest absolute Gasteiger partial charge is 0.485 e. The van der Waals surface area contributed by atoms with Gasteiger partial charge in [-0.3, -0.25) is 14.4 Å². The van der Waals surface area contributed by atoms with E-state index in [0.29, 0.717) is 48.8 Å². The van der Waals surface area contributed by atoms with Gasteiger partial charge >= 0.3 is 6.18 Å². The number of benzene rings is 2. The van der Waals surface area contributed by atoms with E-state index < -0.39 is 41.3 Å². The Morgan fingerprint density at radius 1 is 1.03 bits per heavy atom. The highest BCUT2D eigenvalue weighted by atomic mass is 19.4. The highest BCUT2D eigenvalue weighted by Crippen LogP contribution is 2.41. The Labute approximate surface area is 341 Å². The maximum atomic E-state index is 14.9. The smallest absolute Gasteiger partial charge is 0.416 e. The maximum absolute atomic E-state index is 14.9. The SMILES string of the molecule is CCc1c(N2CCN(C(=O)c3ncnc(C)c3OCc3ccccc3)CC2)c(=O)n2nc(C3=CCC4(CCCO4)CC3)nc2n1CC(=O)Nc1ccc(C(F)(F)F)cc1F. The Morgan fingerprint density at radius 3 is 2.48 bits per heavy atom. The van der Waals surface area contributed by atoms with Crippen molar-refractivity contribution >= 4 is 34.5 Å². The zero-order chi connectivity index (χ0) is 42.2. The zero-order valence-electron chi connectivity index (χ0n) is 33.1. The third-order valence-corrected chi connectivity index (χ3v) is 11.4. The number of rotatable bonds is 10. The number of alkyl halides is 3. The molecule has 2 aromatic carbocycles. The molecule has 2 amide bonds. The lowest BCUT2D eigenvalue weighted by Crippen LogP contribution is -2.51. The normalized spacial score (nSPS) is 18.3. The van der Waals surface area contributed by atoms with Gasteiger partial charge in [0.2, 0.25) is 11.7 Å². The van der Waals surface area contributed by atoms with E-state index in [4.69, 9.17) is 14.5 Å². The van der Waals surface area contributed by atoms with Crippen LogP contribution in [0.1, 0.15) is 77.9 Å². The second-order valence-electron chi connectivity index (χ2n) is 15.2. The number of fused-ring (bicyclic) bond motifs is 1. The van der Waals surface area contributed by atoms with Crippen LogP contribution in [0.2, 0.25) is 0 Å². The Kier molecular flexibility index (Phi) is 11.1. The molecule has 1 spiro atoms. The summed E-state index contributed by atoms with van der Waals surface area (Å²) in [6, 6.07) is 11.4. The molecule has 60 heavy (non-hydrogen) atoms. The van der Waals surface area contributed by atoms with Crippen LogP contribution in [0.4, 0.5) is 28.9 Å². The Bertz CT molecular complexity index is 2530. The Balaban J connectivity index is 1.09. The summed E-state index contributed by atoms with van der Waals surface area (Å²) >= 11 is 0. The summed E-state index contributed by atoms with van der Waals surface area (Å²) in [5.41, 5.74) is 0.755.